The van der Waals surface area contributed by atoms with Crippen molar-refractivity contribution in [2.75, 3.05) is 42.8 Å². The van der Waals surface area contributed by atoms with Gasteiger partial charge in [-0.05, 0) is 25.2 Å². The molecule has 3 aromatic rings. The molecule has 0 unspecified atom stereocenters. The first-order valence-corrected chi connectivity index (χ1v) is 11.5. The van der Waals surface area contributed by atoms with Crippen LogP contribution in [-0.4, -0.2) is 60.6 Å². The summed E-state index contributed by atoms with van der Waals surface area (Å²) in [4.78, 5) is 26.9. The number of hydrogen-bond donors (Lipinski definition) is 1. The number of likely N-dealkylation sites (N-methyl/N-ethyl adjacent to an activating group) is 1. The van der Waals surface area contributed by atoms with Gasteiger partial charge in [-0.15, -0.1) is 0 Å². The minimum absolute atomic E-state index is 0.233. The van der Waals surface area contributed by atoms with Gasteiger partial charge in [0.2, 0.25) is 0 Å². The third kappa shape index (κ3) is 3.71. The standard InChI is InChI=1S/C20H24N6O5S/c1-22-8-10-25(11-9-22)16-13-18-17(23(2)20(27)24(18)3)12-14(16)21-32(30,31)19-7-5-4-6-15(19)26(28)29/h4-7,12-13,21H,8-11H2,1-3H3. The molecule has 0 atom stereocenters. The van der Waals surface area contributed by atoms with Gasteiger partial charge in [-0.2, -0.15) is 0 Å². The van der Waals surface area contributed by atoms with Crippen molar-refractivity contribution < 1.29 is 13.3 Å². The Hall–Kier alpha value is -3.38. The summed E-state index contributed by atoms with van der Waals surface area (Å²) in [5.74, 6) is 0. The predicted octanol–water partition coefficient (Wildman–Crippen LogP) is 1.34. The van der Waals surface area contributed by atoms with E-state index in [1.54, 1.807) is 26.2 Å². The van der Waals surface area contributed by atoms with Crippen molar-refractivity contribution in [2.45, 2.75) is 4.90 Å². The lowest BCUT2D eigenvalue weighted by Crippen LogP contribution is -2.44. The summed E-state index contributed by atoms with van der Waals surface area (Å²) in [6, 6.07) is 8.61. The molecule has 170 valence electrons. The molecule has 0 spiro atoms. The molecule has 11 nitrogen and oxygen atoms in total. The molecule has 2 aromatic carbocycles. The quantitative estimate of drug-likeness (QED) is 0.450. The van der Waals surface area contributed by atoms with Crippen molar-refractivity contribution in [3.05, 3.63) is 57.0 Å². The molecule has 0 bridgehead atoms. The topological polar surface area (TPSA) is 123 Å². The van der Waals surface area contributed by atoms with E-state index in [0.29, 0.717) is 29.8 Å². The highest BCUT2D eigenvalue weighted by molar-refractivity contribution is 7.92. The van der Waals surface area contributed by atoms with Crippen LogP contribution >= 0.6 is 0 Å². The molecule has 1 aliphatic heterocycles. The maximum Gasteiger partial charge on any atom is 0.328 e. The molecule has 32 heavy (non-hydrogen) atoms. The van der Waals surface area contributed by atoms with Gasteiger partial charge in [-0.25, -0.2) is 13.2 Å². The second kappa shape index (κ2) is 7.95. The Morgan fingerprint density at radius 1 is 0.969 bits per heavy atom. The second-order valence-corrected chi connectivity index (χ2v) is 9.53. The van der Waals surface area contributed by atoms with E-state index in [9.17, 15) is 23.3 Å². The summed E-state index contributed by atoms with van der Waals surface area (Å²) in [6.07, 6.45) is 0. The van der Waals surface area contributed by atoms with Crippen LogP contribution < -0.4 is 15.3 Å². The third-order valence-corrected chi connectivity index (χ3v) is 7.24. The Bertz CT molecular complexity index is 1370. The molecule has 0 radical (unpaired) electrons. The lowest BCUT2D eigenvalue weighted by atomic mass is 10.2. The van der Waals surface area contributed by atoms with Crippen LogP contribution in [0.1, 0.15) is 0 Å². The zero-order valence-corrected chi connectivity index (χ0v) is 18.8. The molecule has 0 aliphatic carbocycles. The number of sulfonamides is 1. The summed E-state index contributed by atoms with van der Waals surface area (Å²) >= 11 is 0. The molecule has 0 saturated carbocycles. The van der Waals surface area contributed by atoms with Gasteiger partial charge in [-0.3, -0.25) is 24.0 Å². The molecule has 1 saturated heterocycles. The summed E-state index contributed by atoms with van der Waals surface area (Å²) in [5.41, 5.74) is 1.36. The van der Waals surface area contributed by atoms with Crippen LogP contribution in [0, 0.1) is 10.1 Å². The van der Waals surface area contributed by atoms with E-state index in [0.717, 1.165) is 19.2 Å². The van der Waals surface area contributed by atoms with Gasteiger partial charge in [0.25, 0.3) is 15.7 Å². The van der Waals surface area contributed by atoms with Gasteiger partial charge < -0.3 is 9.80 Å². The number of hydrogen-bond acceptors (Lipinski definition) is 7. The van der Waals surface area contributed by atoms with Gasteiger partial charge in [0.05, 0.1) is 27.3 Å². The van der Waals surface area contributed by atoms with Crippen molar-refractivity contribution in [3.63, 3.8) is 0 Å². The first-order valence-electron chi connectivity index (χ1n) is 9.99. The maximum atomic E-state index is 13.2. The summed E-state index contributed by atoms with van der Waals surface area (Å²) in [7, 11) is 1.02. The van der Waals surface area contributed by atoms with Crippen LogP contribution in [0.25, 0.3) is 11.0 Å². The van der Waals surface area contributed by atoms with E-state index >= 15 is 0 Å². The Labute approximate surface area is 184 Å². The number of anilines is 2. The van der Waals surface area contributed by atoms with Crippen LogP contribution in [0.2, 0.25) is 0 Å². The fraction of sp³-hybridized carbons (Fsp3) is 0.350. The lowest BCUT2D eigenvalue weighted by Gasteiger charge is -2.35. The van der Waals surface area contributed by atoms with Gasteiger partial charge in [-0.1, -0.05) is 12.1 Å². The molecule has 2 heterocycles. The van der Waals surface area contributed by atoms with E-state index in [-0.39, 0.29) is 11.4 Å². The molecule has 12 heteroatoms. The number of imidazole rings is 1. The fourth-order valence-corrected chi connectivity index (χ4v) is 5.20. The molecule has 1 aliphatic rings. The highest BCUT2D eigenvalue weighted by Gasteiger charge is 2.28. The van der Waals surface area contributed by atoms with Crippen molar-refractivity contribution in [1.82, 2.24) is 14.0 Å². The van der Waals surface area contributed by atoms with Crippen LogP contribution in [-0.2, 0) is 24.1 Å². The zero-order chi connectivity index (χ0) is 23.2. The van der Waals surface area contributed by atoms with E-state index in [4.69, 9.17) is 0 Å². The summed E-state index contributed by atoms with van der Waals surface area (Å²) in [6.45, 7) is 2.93. The normalized spacial score (nSPS) is 15.3. The lowest BCUT2D eigenvalue weighted by molar-refractivity contribution is -0.387. The van der Waals surface area contributed by atoms with Crippen molar-refractivity contribution in [2.24, 2.45) is 14.1 Å². The number of nitro benzene ring substituents is 1. The molecular weight excluding hydrogens is 436 g/mol. The molecular formula is C20H24N6O5S. The highest BCUT2D eigenvalue weighted by Crippen LogP contribution is 2.34. The van der Waals surface area contributed by atoms with Crippen LogP contribution in [0.15, 0.2) is 46.1 Å². The average molecular weight is 461 g/mol. The number of aromatic nitrogens is 2. The summed E-state index contributed by atoms with van der Waals surface area (Å²) < 4.78 is 31.9. The second-order valence-electron chi connectivity index (χ2n) is 7.88. The van der Waals surface area contributed by atoms with Gasteiger partial charge in [0, 0.05) is 46.3 Å². The Balaban J connectivity index is 1.87. The summed E-state index contributed by atoms with van der Waals surface area (Å²) in [5, 5.41) is 11.4. The Morgan fingerprint density at radius 3 is 2.19 bits per heavy atom. The van der Waals surface area contributed by atoms with E-state index in [1.807, 2.05) is 11.9 Å². The largest absolute Gasteiger partial charge is 0.367 e. The Morgan fingerprint density at radius 2 is 1.56 bits per heavy atom. The molecule has 4 rings (SSSR count). The number of piperazine rings is 1. The van der Waals surface area contributed by atoms with Crippen LogP contribution in [0.5, 0.6) is 0 Å². The van der Waals surface area contributed by atoms with E-state index < -0.39 is 25.5 Å². The van der Waals surface area contributed by atoms with Crippen molar-refractivity contribution >= 4 is 38.1 Å². The molecule has 1 N–H and O–H groups in total. The molecule has 1 fully saturated rings. The first kappa shape index (κ1) is 21.8. The van der Waals surface area contributed by atoms with Crippen molar-refractivity contribution in [3.8, 4) is 0 Å². The number of rotatable bonds is 5. The number of nitrogens with one attached hydrogen (secondary N) is 1. The maximum absolute atomic E-state index is 13.2. The Kier molecular flexibility index (Phi) is 5.42. The minimum atomic E-state index is -4.27. The van der Waals surface area contributed by atoms with Crippen LogP contribution in [0.3, 0.4) is 0 Å². The van der Waals surface area contributed by atoms with E-state index in [1.165, 1.54) is 27.3 Å². The number of benzene rings is 2. The predicted molar refractivity (Wildman–Crippen MR) is 122 cm³/mol. The zero-order valence-electron chi connectivity index (χ0n) is 18.0. The van der Waals surface area contributed by atoms with Crippen molar-refractivity contribution in [1.29, 1.82) is 0 Å². The SMILES string of the molecule is CN1CCN(c2cc3c(cc2NS(=O)(=O)c2ccccc2[N+](=O)[O-])n(C)c(=O)n3C)CC1. The fourth-order valence-electron chi connectivity index (χ4n) is 3.96. The van der Waals surface area contributed by atoms with Crippen LogP contribution in [0.4, 0.5) is 17.1 Å². The van der Waals surface area contributed by atoms with Gasteiger partial charge in [0.1, 0.15) is 0 Å². The molecule has 0 amide bonds. The van der Waals surface area contributed by atoms with E-state index in [2.05, 4.69) is 9.62 Å². The average Bonchev–Trinajstić information content (AvgIpc) is 2.97. The molecule has 1 aromatic heterocycles. The monoisotopic (exact) mass is 460 g/mol. The first-order chi connectivity index (χ1) is 15.1. The minimum Gasteiger partial charge on any atom is -0.367 e. The smallest absolute Gasteiger partial charge is 0.328 e. The highest BCUT2D eigenvalue weighted by atomic mass is 32.2. The third-order valence-electron chi connectivity index (χ3n) is 5.83. The number of aryl methyl sites for hydroxylation is 2. The number of nitrogens with zero attached hydrogens (tertiary/aromatic N) is 5. The van der Waals surface area contributed by atoms with Gasteiger partial charge in [0.15, 0.2) is 4.90 Å². The number of nitro groups is 1. The number of fused-ring (bicyclic) bond motifs is 1. The van der Waals surface area contributed by atoms with Gasteiger partial charge >= 0.3 is 5.69 Å². The number of para-hydroxylation sites is 1.